The standard InChI is InChI=1S/C21H32N2O2/c1-22-15-7-6-10-19(22)11-12-20(24)23-16-13-21(25-2,14-17-23)18-8-4-3-5-9-18/h3-5,8-9,19H,6-7,10-17H2,1-2H3/t19-/m1/s1. The molecule has 2 aliphatic rings. The van der Waals surface area contributed by atoms with E-state index in [0.717, 1.165) is 32.4 Å². The molecule has 0 radical (unpaired) electrons. The van der Waals surface area contributed by atoms with Crippen molar-refractivity contribution in [1.82, 2.24) is 9.80 Å². The van der Waals surface area contributed by atoms with Gasteiger partial charge in [-0.2, -0.15) is 0 Å². The van der Waals surface area contributed by atoms with Crippen molar-refractivity contribution in [2.24, 2.45) is 0 Å². The molecule has 2 saturated heterocycles. The van der Waals surface area contributed by atoms with Gasteiger partial charge in [0, 0.05) is 32.7 Å². The van der Waals surface area contributed by atoms with Crippen molar-refractivity contribution < 1.29 is 9.53 Å². The SMILES string of the molecule is COC1(c2ccccc2)CCN(C(=O)CC[C@H]2CCCCN2C)CC1. The van der Waals surface area contributed by atoms with Crippen LogP contribution < -0.4 is 0 Å². The summed E-state index contributed by atoms with van der Waals surface area (Å²) in [6.07, 6.45) is 7.28. The van der Waals surface area contributed by atoms with E-state index < -0.39 is 0 Å². The molecular weight excluding hydrogens is 312 g/mol. The molecule has 4 nitrogen and oxygen atoms in total. The van der Waals surface area contributed by atoms with Crippen molar-refractivity contribution in [2.75, 3.05) is 33.8 Å². The van der Waals surface area contributed by atoms with Gasteiger partial charge >= 0.3 is 0 Å². The fourth-order valence-corrected chi connectivity index (χ4v) is 4.43. The molecule has 0 N–H and O–H groups in total. The number of likely N-dealkylation sites (tertiary alicyclic amines) is 2. The summed E-state index contributed by atoms with van der Waals surface area (Å²) in [4.78, 5) is 17.1. The quantitative estimate of drug-likeness (QED) is 0.820. The van der Waals surface area contributed by atoms with Crippen LogP contribution in [-0.2, 0) is 15.1 Å². The highest BCUT2D eigenvalue weighted by Gasteiger charge is 2.37. The van der Waals surface area contributed by atoms with Gasteiger partial charge in [-0.05, 0) is 51.3 Å². The van der Waals surface area contributed by atoms with Gasteiger partial charge in [0.05, 0.1) is 5.60 Å². The number of methoxy groups -OCH3 is 1. The Morgan fingerprint density at radius 2 is 1.88 bits per heavy atom. The van der Waals surface area contributed by atoms with Crippen molar-refractivity contribution in [3.8, 4) is 0 Å². The van der Waals surface area contributed by atoms with Crippen molar-refractivity contribution in [3.05, 3.63) is 35.9 Å². The Morgan fingerprint density at radius 1 is 1.16 bits per heavy atom. The summed E-state index contributed by atoms with van der Waals surface area (Å²) >= 11 is 0. The summed E-state index contributed by atoms with van der Waals surface area (Å²) in [6, 6.07) is 11.0. The lowest BCUT2D eigenvalue weighted by Crippen LogP contribution is -2.46. The van der Waals surface area contributed by atoms with Gasteiger partial charge in [-0.3, -0.25) is 4.79 Å². The number of amides is 1. The second-order valence-corrected chi connectivity index (χ2v) is 7.61. The van der Waals surface area contributed by atoms with Crippen LogP contribution in [-0.4, -0.2) is 55.5 Å². The molecule has 0 aromatic heterocycles. The molecule has 0 saturated carbocycles. The van der Waals surface area contributed by atoms with Gasteiger partial charge in [0.15, 0.2) is 0 Å². The molecule has 138 valence electrons. The predicted molar refractivity (Wildman–Crippen MR) is 100 cm³/mol. The maximum Gasteiger partial charge on any atom is 0.222 e. The smallest absolute Gasteiger partial charge is 0.222 e. The van der Waals surface area contributed by atoms with Crippen LogP contribution in [0.3, 0.4) is 0 Å². The van der Waals surface area contributed by atoms with E-state index in [0.29, 0.717) is 18.4 Å². The van der Waals surface area contributed by atoms with E-state index in [1.54, 1.807) is 7.11 Å². The molecule has 0 spiro atoms. The molecule has 3 rings (SSSR count). The van der Waals surface area contributed by atoms with Crippen molar-refractivity contribution >= 4 is 5.91 Å². The Balaban J connectivity index is 1.52. The van der Waals surface area contributed by atoms with E-state index >= 15 is 0 Å². The molecule has 1 aromatic rings. The Bertz CT molecular complexity index is 552. The molecule has 1 aromatic carbocycles. The van der Waals surface area contributed by atoms with Gasteiger partial charge in [-0.15, -0.1) is 0 Å². The highest BCUT2D eigenvalue weighted by Crippen LogP contribution is 2.36. The maximum atomic E-state index is 12.6. The number of benzene rings is 1. The summed E-state index contributed by atoms with van der Waals surface area (Å²) in [5.74, 6) is 0.316. The molecule has 2 fully saturated rings. The molecule has 2 aliphatic heterocycles. The lowest BCUT2D eigenvalue weighted by molar-refractivity contribution is -0.137. The van der Waals surface area contributed by atoms with E-state index in [-0.39, 0.29) is 5.60 Å². The van der Waals surface area contributed by atoms with Crippen LogP contribution in [0.15, 0.2) is 30.3 Å². The minimum Gasteiger partial charge on any atom is -0.373 e. The largest absolute Gasteiger partial charge is 0.373 e. The number of ether oxygens (including phenoxy) is 1. The number of rotatable bonds is 5. The Morgan fingerprint density at radius 3 is 2.52 bits per heavy atom. The lowest BCUT2D eigenvalue weighted by atomic mass is 9.84. The summed E-state index contributed by atoms with van der Waals surface area (Å²) < 4.78 is 5.92. The minimum absolute atomic E-state index is 0.234. The zero-order chi connectivity index (χ0) is 17.7. The molecule has 0 aliphatic carbocycles. The first-order chi connectivity index (χ1) is 12.1. The molecule has 1 atom stereocenters. The van der Waals surface area contributed by atoms with E-state index in [4.69, 9.17) is 4.74 Å². The molecule has 0 bridgehead atoms. The Kier molecular flexibility index (Phi) is 6.13. The fraction of sp³-hybridized carbons (Fsp3) is 0.667. The Labute approximate surface area is 152 Å². The summed E-state index contributed by atoms with van der Waals surface area (Å²) in [5.41, 5.74) is 0.996. The third-order valence-corrected chi connectivity index (χ3v) is 6.23. The summed E-state index contributed by atoms with van der Waals surface area (Å²) in [5, 5.41) is 0. The van der Waals surface area contributed by atoms with Crippen LogP contribution in [0, 0.1) is 0 Å². The maximum absolute atomic E-state index is 12.6. The van der Waals surface area contributed by atoms with Gasteiger partial charge in [0.25, 0.3) is 0 Å². The molecule has 2 heterocycles. The number of hydrogen-bond donors (Lipinski definition) is 0. The topological polar surface area (TPSA) is 32.8 Å². The number of nitrogens with zero attached hydrogens (tertiary/aromatic N) is 2. The van der Waals surface area contributed by atoms with Crippen LogP contribution in [0.1, 0.15) is 50.5 Å². The second kappa shape index (κ2) is 8.33. The van der Waals surface area contributed by atoms with Gasteiger partial charge in [-0.1, -0.05) is 36.8 Å². The zero-order valence-corrected chi connectivity index (χ0v) is 15.7. The lowest BCUT2D eigenvalue weighted by Gasteiger charge is -2.41. The summed E-state index contributed by atoms with van der Waals surface area (Å²) in [6.45, 7) is 2.76. The monoisotopic (exact) mass is 344 g/mol. The molecule has 0 unspecified atom stereocenters. The molecular formula is C21H32N2O2. The number of carbonyl (C=O) groups excluding carboxylic acids is 1. The highest BCUT2D eigenvalue weighted by atomic mass is 16.5. The first kappa shape index (κ1) is 18.4. The van der Waals surface area contributed by atoms with Crippen LogP contribution in [0.25, 0.3) is 0 Å². The molecule has 1 amide bonds. The fourth-order valence-electron chi connectivity index (χ4n) is 4.43. The van der Waals surface area contributed by atoms with Crippen LogP contribution in [0.5, 0.6) is 0 Å². The highest BCUT2D eigenvalue weighted by molar-refractivity contribution is 5.76. The summed E-state index contributed by atoms with van der Waals surface area (Å²) in [7, 11) is 3.99. The van der Waals surface area contributed by atoms with Crippen LogP contribution in [0.2, 0.25) is 0 Å². The second-order valence-electron chi connectivity index (χ2n) is 7.61. The molecule has 4 heteroatoms. The average molecular weight is 344 g/mol. The van der Waals surface area contributed by atoms with Crippen LogP contribution in [0.4, 0.5) is 0 Å². The van der Waals surface area contributed by atoms with Crippen molar-refractivity contribution in [3.63, 3.8) is 0 Å². The van der Waals surface area contributed by atoms with E-state index in [9.17, 15) is 4.79 Å². The third-order valence-electron chi connectivity index (χ3n) is 6.23. The van der Waals surface area contributed by atoms with Gasteiger partial charge in [0.2, 0.25) is 5.91 Å². The average Bonchev–Trinajstić information content (AvgIpc) is 2.68. The van der Waals surface area contributed by atoms with Crippen LogP contribution >= 0.6 is 0 Å². The van der Waals surface area contributed by atoms with Gasteiger partial charge in [0.1, 0.15) is 0 Å². The normalized spacial score (nSPS) is 24.2. The van der Waals surface area contributed by atoms with Crippen molar-refractivity contribution in [2.45, 2.75) is 56.6 Å². The first-order valence-corrected chi connectivity index (χ1v) is 9.73. The number of carbonyl (C=O) groups is 1. The number of hydrogen-bond acceptors (Lipinski definition) is 3. The third kappa shape index (κ3) is 4.24. The van der Waals surface area contributed by atoms with Gasteiger partial charge < -0.3 is 14.5 Å². The van der Waals surface area contributed by atoms with E-state index in [1.807, 2.05) is 11.0 Å². The van der Waals surface area contributed by atoms with Gasteiger partial charge in [-0.25, -0.2) is 0 Å². The zero-order valence-electron chi connectivity index (χ0n) is 15.7. The molecule has 25 heavy (non-hydrogen) atoms. The Hall–Kier alpha value is -1.39. The van der Waals surface area contributed by atoms with E-state index in [1.165, 1.54) is 31.4 Å². The predicted octanol–water partition coefficient (Wildman–Crippen LogP) is 3.42. The number of piperidine rings is 2. The first-order valence-electron chi connectivity index (χ1n) is 9.73. The van der Waals surface area contributed by atoms with Crippen molar-refractivity contribution in [1.29, 1.82) is 0 Å². The minimum atomic E-state index is -0.234. The van der Waals surface area contributed by atoms with E-state index in [2.05, 4.69) is 36.2 Å².